The molecule has 0 bridgehead atoms. The summed E-state index contributed by atoms with van der Waals surface area (Å²) in [7, 11) is 1.68. The van der Waals surface area contributed by atoms with E-state index in [2.05, 4.69) is 5.10 Å². The molecule has 1 heterocycles. The van der Waals surface area contributed by atoms with E-state index in [1.165, 1.54) is 16.5 Å². The lowest BCUT2D eigenvalue weighted by Gasteiger charge is -2.17. The second-order valence-electron chi connectivity index (χ2n) is 4.69. The number of nitrogens with zero attached hydrogens (tertiary/aromatic N) is 3. The van der Waals surface area contributed by atoms with Crippen LogP contribution in [0.25, 0.3) is 0 Å². The fourth-order valence-corrected chi connectivity index (χ4v) is 2.24. The van der Waals surface area contributed by atoms with Crippen molar-refractivity contribution in [3.05, 3.63) is 47.3 Å². The van der Waals surface area contributed by atoms with Gasteiger partial charge in [-0.05, 0) is 32.9 Å². The van der Waals surface area contributed by atoms with Gasteiger partial charge in [-0.2, -0.15) is 9.78 Å². The number of aryl methyl sites for hydroxylation is 1. The summed E-state index contributed by atoms with van der Waals surface area (Å²) in [5.41, 5.74) is 2.43. The maximum atomic E-state index is 12.5. The number of carbonyl (C=O) groups excluding carboxylic acids is 2. The van der Waals surface area contributed by atoms with Gasteiger partial charge in [0.2, 0.25) is 0 Å². The molecule has 20 heavy (non-hydrogen) atoms. The minimum Gasteiger partial charge on any atom is -0.296 e. The molecule has 0 fully saturated rings. The first-order chi connectivity index (χ1) is 9.43. The SMILES string of the molecule is CC(=O)c1c(C)nn(C(=O)N(C)c2ccccc2)c1C. The van der Waals surface area contributed by atoms with Gasteiger partial charge in [-0.15, -0.1) is 0 Å². The number of aromatic nitrogens is 2. The molecular weight excluding hydrogens is 254 g/mol. The summed E-state index contributed by atoms with van der Waals surface area (Å²) in [6, 6.07) is 9.01. The largest absolute Gasteiger partial charge is 0.349 e. The van der Waals surface area contributed by atoms with Crippen LogP contribution in [0.1, 0.15) is 28.7 Å². The minimum absolute atomic E-state index is 0.0820. The van der Waals surface area contributed by atoms with Crippen molar-refractivity contribution in [1.82, 2.24) is 9.78 Å². The molecule has 1 aromatic heterocycles. The van der Waals surface area contributed by atoms with Gasteiger partial charge in [-0.3, -0.25) is 9.69 Å². The Morgan fingerprint density at radius 3 is 2.25 bits per heavy atom. The molecule has 5 heteroatoms. The third kappa shape index (κ3) is 2.34. The number of Topliss-reactive ketones (excluding diaryl/α,β-unsaturated/α-hetero) is 1. The smallest absolute Gasteiger partial charge is 0.296 e. The molecule has 1 amide bonds. The Bertz CT molecular complexity index is 659. The van der Waals surface area contributed by atoms with E-state index in [9.17, 15) is 9.59 Å². The number of hydrogen-bond acceptors (Lipinski definition) is 3. The van der Waals surface area contributed by atoms with Crippen molar-refractivity contribution in [2.45, 2.75) is 20.8 Å². The molecule has 2 aromatic rings. The van der Waals surface area contributed by atoms with Crippen LogP contribution in [0.5, 0.6) is 0 Å². The Morgan fingerprint density at radius 1 is 1.15 bits per heavy atom. The highest BCUT2D eigenvalue weighted by Gasteiger charge is 2.22. The van der Waals surface area contributed by atoms with Crippen molar-refractivity contribution in [3.8, 4) is 0 Å². The van der Waals surface area contributed by atoms with Crippen molar-refractivity contribution >= 4 is 17.5 Å². The zero-order chi connectivity index (χ0) is 14.9. The van der Waals surface area contributed by atoms with E-state index in [-0.39, 0.29) is 11.8 Å². The number of carbonyl (C=O) groups is 2. The Labute approximate surface area is 117 Å². The zero-order valence-corrected chi connectivity index (χ0v) is 12.0. The van der Waals surface area contributed by atoms with Crippen molar-refractivity contribution < 1.29 is 9.59 Å². The lowest BCUT2D eigenvalue weighted by molar-refractivity contribution is 0.101. The van der Waals surface area contributed by atoms with Crippen LogP contribution in [-0.4, -0.2) is 28.6 Å². The average Bonchev–Trinajstić information content (AvgIpc) is 2.73. The van der Waals surface area contributed by atoms with Crippen LogP contribution in [0.2, 0.25) is 0 Å². The van der Waals surface area contributed by atoms with Crippen LogP contribution < -0.4 is 4.90 Å². The Hall–Kier alpha value is -2.43. The molecule has 0 N–H and O–H groups in total. The van der Waals surface area contributed by atoms with E-state index in [0.717, 1.165) is 5.69 Å². The molecule has 104 valence electrons. The van der Waals surface area contributed by atoms with Gasteiger partial charge >= 0.3 is 6.03 Å². The van der Waals surface area contributed by atoms with E-state index < -0.39 is 0 Å². The molecule has 2 rings (SSSR count). The number of ketones is 1. The predicted molar refractivity (Wildman–Crippen MR) is 77.3 cm³/mol. The van der Waals surface area contributed by atoms with Crippen LogP contribution >= 0.6 is 0 Å². The quantitative estimate of drug-likeness (QED) is 0.789. The average molecular weight is 271 g/mol. The first-order valence-electron chi connectivity index (χ1n) is 6.33. The molecule has 0 atom stereocenters. The molecule has 0 saturated carbocycles. The van der Waals surface area contributed by atoms with Gasteiger partial charge in [0.25, 0.3) is 0 Å². The normalized spacial score (nSPS) is 10.4. The Balaban J connectivity index is 2.40. The Kier molecular flexibility index (Phi) is 3.70. The number of benzene rings is 1. The van der Waals surface area contributed by atoms with Crippen LogP contribution in [0, 0.1) is 13.8 Å². The maximum Gasteiger partial charge on any atom is 0.349 e. The van der Waals surface area contributed by atoms with Crippen LogP contribution in [0.15, 0.2) is 30.3 Å². The molecule has 0 unspecified atom stereocenters. The second kappa shape index (κ2) is 5.28. The third-order valence-electron chi connectivity index (χ3n) is 3.25. The molecule has 0 saturated heterocycles. The fourth-order valence-electron chi connectivity index (χ4n) is 2.24. The summed E-state index contributed by atoms with van der Waals surface area (Å²) >= 11 is 0. The van der Waals surface area contributed by atoms with Gasteiger partial charge < -0.3 is 0 Å². The maximum absolute atomic E-state index is 12.5. The minimum atomic E-state index is -0.288. The van der Waals surface area contributed by atoms with Gasteiger partial charge in [0.1, 0.15) is 0 Å². The lowest BCUT2D eigenvalue weighted by atomic mass is 10.1. The van der Waals surface area contributed by atoms with Gasteiger partial charge in [-0.1, -0.05) is 18.2 Å². The first kappa shape index (κ1) is 14.0. The lowest BCUT2D eigenvalue weighted by Crippen LogP contribution is -2.32. The van der Waals surface area contributed by atoms with E-state index in [1.807, 2.05) is 30.3 Å². The van der Waals surface area contributed by atoms with Gasteiger partial charge in [-0.25, -0.2) is 4.79 Å². The van der Waals surface area contributed by atoms with E-state index in [1.54, 1.807) is 20.9 Å². The molecule has 0 aliphatic heterocycles. The van der Waals surface area contributed by atoms with Gasteiger partial charge in [0.05, 0.1) is 17.0 Å². The highest BCUT2D eigenvalue weighted by molar-refractivity contribution is 5.99. The predicted octanol–water partition coefficient (Wildman–Crippen LogP) is 2.81. The summed E-state index contributed by atoms with van der Waals surface area (Å²) in [6.07, 6.45) is 0. The fraction of sp³-hybridized carbons (Fsp3) is 0.267. The molecular formula is C15H17N3O2. The molecule has 1 aromatic carbocycles. The summed E-state index contributed by atoms with van der Waals surface area (Å²) in [6.45, 7) is 4.94. The summed E-state index contributed by atoms with van der Waals surface area (Å²) in [4.78, 5) is 25.6. The van der Waals surface area contributed by atoms with Gasteiger partial charge in [0, 0.05) is 12.7 Å². The van der Waals surface area contributed by atoms with Crippen LogP contribution in [0.4, 0.5) is 10.5 Å². The number of anilines is 1. The summed E-state index contributed by atoms with van der Waals surface area (Å²) in [5, 5.41) is 4.18. The molecule has 5 nitrogen and oxygen atoms in total. The summed E-state index contributed by atoms with van der Waals surface area (Å²) < 4.78 is 1.28. The standard InChI is InChI=1S/C15H17N3O2/c1-10-14(12(3)19)11(2)18(16-10)15(20)17(4)13-8-6-5-7-9-13/h5-9H,1-4H3. The van der Waals surface area contributed by atoms with Crippen molar-refractivity contribution in [3.63, 3.8) is 0 Å². The zero-order valence-electron chi connectivity index (χ0n) is 12.0. The third-order valence-corrected chi connectivity index (χ3v) is 3.25. The first-order valence-corrected chi connectivity index (χ1v) is 6.33. The summed E-state index contributed by atoms with van der Waals surface area (Å²) in [5.74, 6) is -0.0820. The second-order valence-corrected chi connectivity index (χ2v) is 4.69. The van der Waals surface area contributed by atoms with Crippen molar-refractivity contribution in [2.75, 3.05) is 11.9 Å². The molecule has 0 aliphatic carbocycles. The Morgan fingerprint density at radius 2 is 1.75 bits per heavy atom. The number of para-hydroxylation sites is 1. The molecule has 0 radical (unpaired) electrons. The van der Waals surface area contributed by atoms with Gasteiger partial charge in [0.15, 0.2) is 5.78 Å². The highest BCUT2D eigenvalue weighted by Crippen LogP contribution is 2.17. The van der Waals surface area contributed by atoms with Crippen LogP contribution in [-0.2, 0) is 0 Å². The topological polar surface area (TPSA) is 55.2 Å². The van der Waals surface area contributed by atoms with E-state index in [0.29, 0.717) is 17.0 Å². The number of hydrogen-bond donors (Lipinski definition) is 0. The molecule has 0 aliphatic rings. The number of rotatable bonds is 2. The van der Waals surface area contributed by atoms with Crippen molar-refractivity contribution in [1.29, 1.82) is 0 Å². The number of amides is 1. The van der Waals surface area contributed by atoms with E-state index >= 15 is 0 Å². The monoisotopic (exact) mass is 271 g/mol. The van der Waals surface area contributed by atoms with Crippen molar-refractivity contribution in [2.24, 2.45) is 0 Å². The highest BCUT2D eigenvalue weighted by atomic mass is 16.2. The molecule has 0 spiro atoms. The van der Waals surface area contributed by atoms with Crippen LogP contribution in [0.3, 0.4) is 0 Å². The van der Waals surface area contributed by atoms with E-state index in [4.69, 9.17) is 0 Å².